The van der Waals surface area contributed by atoms with Crippen molar-refractivity contribution in [1.82, 2.24) is 0 Å². The molecule has 0 N–H and O–H groups in total. The number of hydrogen-bond acceptors (Lipinski definition) is 4. The normalized spacial score (nSPS) is 10.8. The minimum Gasteiger partial charge on any atom is -0.496 e. The lowest BCUT2D eigenvalue weighted by atomic mass is 9.89. The monoisotopic (exact) mass is 366 g/mol. The molecule has 4 heteroatoms. The molecule has 3 aromatic rings. The Labute approximate surface area is 160 Å². The van der Waals surface area contributed by atoms with Gasteiger partial charge in [0, 0.05) is 22.1 Å². The van der Waals surface area contributed by atoms with Gasteiger partial charge in [0.15, 0.2) is 0 Å². The van der Waals surface area contributed by atoms with Crippen molar-refractivity contribution < 1.29 is 18.9 Å². The van der Waals surface area contributed by atoms with Crippen LogP contribution in [0.2, 0.25) is 0 Å². The summed E-state index contributed by atoms with van der Waals surface area (Å²) in [6.45, 7) is 6.16. The molecule has 142 valence electrons. The Kier molecular flexibility index (Phi) is 5.17. The first-order valence-corrected chi connectivity index (χ1v) is 8.85. The van der Waals surface area contributed by atoms with Crippen LogP contribution in [0.1, 0.15) is 16.7 Å². The van der Waals surface area contributed by atoms with Crippen LogP contribution in [0, 0.1) is 20.8 Å². The fraction of sp³-hybridized carbons (Fsp3) is 0.304. The average molecular weight is 366 g/mol. The van der Waals surface area contributed by atoms with Gasteiger partial charge in [0.25, 0.3) is 0 Å². The first-order valence-electron chi connectivity index (χ1n) is 8.85. The highest BCUT2D eigenvalue weighted by Gasteiger charge is 2.24. The molecule has 0 amide bonds. The molecule has 0 aliphatic carbocycles. The van der Waals surface area contributed by atoms with E-state index in [1.54, 1.807) is 28.4 Å². The van der Waals surface area contributed by atoms with Crippen LogP contribution in [0.5, 0.6) is 23.0 Å². The van der Waals surface area contributed by atoms with E-state index in [2.05, 4.69) is 26.8 Å². The van der Waals surface area contributed by atoms with E-state index in [0.29, 0.717) is 0 Å². The van der Waals surface area contributed by atoms with Crippen molar-refractivity contribution in [3.63, 3.8) is 0 Å². The summed E-state index contributed by atoms with van der Waals surface area (Å²) in [5.74, 6) is 3.30. The van der Waals surface area contributed by atoms with Gasteiger partial charge < -0.3 is 18.9 Å². The lowest BCUT2D eigenvalue weighted by Crippen LogP contribution is -2.03. The summed E-state index contributed by atoms with van der Waals surface area (Å²) in [5, 5.41) is 2.06. The van der Waals surface area contributed by atoms with E-state index in [-0.39, 0.29) is 0 Å². The summed E-state index contributed by atoms with van der Waals surface area (Å²) >= 11 is 0. The molecule has 3 rings (SSSR count). The van der Waals surface area contributed by atoms with Crippen LogP contribution in [0.25, 0.3) is 21.9 Å². The molecule has 0 heterocycles. The van der Waals surface area contributed by atoms with E-state index in [9.17, 15) is 0 Å². The van der Waals surface area contributed by atoms with Gasteiger partial charge in [0.2, 0.25) is 0 Å². The van der Waals surface area contributed by atoms with Gasteiger partial charge in [-0.15, -0.1) is 0 Å². The van der Waals surface area contributed by atoms with Gasteiger partial charge in [0.05, 0.1) is 28.4 Å². The second-order valence-electron chi connectivity index (χ2n) is 6.51. The molecule has 0 atom stereocenters. The summed E-state index contributed by atoms with van der Waals surface area (Å²) in [7, 11) is 6.78. The molecular weight excluding hydrogens is 340 g/mol. The summed E-state index contributed by atoms with van der Waals surface area (Å²) in [4.78, 5) is 0. The first kappa shape index (κ1) is 18.9. The summed E-state index contributed by atoms with van der Waals surface area (Å²) in [6, 6.07) is 10.0. The van der Waals surface area contributed by atoms with Crippen molar-refractivity contribution in [1.29, 1.82) is 0 Å². The van der Waals surface area contributed by atoms with Gasteiger partial charge >= 0.3 is 0 Å². The zero-order valence-electron chi connectivity index (χ0n) is 17.0. The van der Waals surface area contributed by atoms with Gasteiger partial charge in [-0.1, -0.05) is 12.1 Å². The molecule has 0 bridgehead atoms. The Balaban J connectivity index is 2.54. The minimum absolute atomic E-state index is 0.780. The maximum Gasteiger partial charge on any atom is 0.130 e. The second-order valence-corrected chi connectivity index (χ2v) is 6.51. The number of ether oxygens (including phenoxy) is 4. The van der Waals surface area contributed by atoms with Crippen LogP contribution in [-0.4, -0.2) is 28.4 Å². The van der Waals surface area contributed by atoms with Gasteiger partial charge in [-0.3, -0.25) is 0 Å². The number of benzene rings is 3. The molecular formula is C23H26O4. The van der Waals surface area contributed by atoms with Crippen molar-refractivity contribution >= 4 is 10.8 Å². The summed E-state index contributed by atoms with van der Waals surface area (Å²) in [5.41, 5.74) is 5.10. The lowest BCUT2D eigenvalue weighted by molar-refractivity contribution is 0.395. The van der Waals surface area contributed by atoms with Crippen LogP contribution < -0.4 is 18.9 Å². The van der Waals surface area contributed by atoms with Crippen LogP contribution in [-0.2, 0) is 0 Å². The Hall–Kier alpha value is -2.88. The predicted octanol–water partition coefficient (Wildman–Crippen LogP) is 5.47. The van der Waals surface area contributed by atoms with E-state index in [0.717, 1.165) is 61.6 Å². The molecule has 0 saturated heterocycles. The summed E-state index contributed by atoms with van der Waals surface area (Å²) in [6.07, 6.45) is 0. The third kappa shape index (κ3) is 2.85. The predicted molar refractivity (Wildman–Crippen MR) is 110 cm³/mol. The Bertz CT molecular complexity index is 1010. The molecule has 3 aromatic carbocycles. The van der Waals surface area contributed by atoms with E-state index in [1.807, 2.05) is 24.3 Å². The van der Waals surface area contributed by atoms with Crippen molar-refractivity contribution in [2.45, 2.75) is 20.8 Å². The Morgan fingerprint density at radius 2 is 1.15 bits per heavy atom. The SMILES string of the molecule is COc1ccc2c(OC)cccc2c1-c1c(C)c(OC)c(C)c(C)c1OC. The van der Waals surface area contributed by atoms with Crippen molar-refractivity contribution in [2.24, 2.45) is 0 Å². The number of fused-ring (bicyclic) bond motifs is 1. The standard InChI is InChI=1S/C23H26O4/c1-13-14(2)23(27-7)20(15(3)22(13)26-6)21-17-9-8-10-18(24-4)16(17)11-12-19(21)25-5/h8-12H,1-7H3. The van der Waals surface area contributed by atoms with E-state index < -0.39 is 0 Å². The van der Waals surface area contributed by atoms with E-state index in [4.69, 9.17) is 18.9 Å². The lowest BCUT2D eigenvalue weighted by Gasteiger charge is -2.23. The smallest absolute Gasteiger partial charge is 0.130 e. The Morgan fingerprint density at radius 3 is 1.74 bits per heavy atom. The molecule has 4 nitrogen and oxygen atoms in total. The summed E-state index contributed by atoms with van der Waals surface area (Å²) < 4.78 is 22.9. The minimum atomic E-state index is 0.780. The zero-order valence-corrected chi connectivity index (χ0v) is 17.0. The fourth-order valence-electron chi connectivity index (χ4n) is 3.87. The van der Waals surface area contributed by atoms with Crippen molar-refractivity contribution in [3.8, 4) is 34.1 Å². The molecule has 0 aliphatic heterocycles. The molecule has 0 radical (unpaired) electrons. The van der Waals surface area contributed by atoms with Gasteiger partial charge in [0.1, 0.15) is 23.0 Å². The average Bonchev–Trinajstić information content (AvgIpc) is 2.69. The van der Waals surface area contributed by atoms with Crippen LogP contribution in [0.15, 0.2) is 30.3 Å². The van der Waals surface area contributed by atoms with Crippen LogP contribution in [0.3, 0.4) is 0 Å². The van der Waals surface area contributed by atoms with Gasteiger partial charge in [-0.05, 0) is 55.5 Å². The van der Waals surface area contributed by atoms with Crippen LogP contribution >= 0.6 is 0 Å². The molecule has 0 aromatic heterocycles. The number of hydrogen-bond donors (Lipinski definition) is 0. The molecule has 0 aliphatic rings. The topological polar surface area (TPSA) is 36.9 Å². The molecule has 0 spiro atoms. The number of methoxy groups -OCH3 is 4. The number of rotatable bonds is 5. The molecule has 0 fully saturated rings. The third-order valence-electron chi connectivity index (χ3n) is 5.27. The first-order chi connectivity index (χ1) is 13.0. The van der Waals surface area contributed by atoms with Gasteiger partial charge in [-0.2, -0.15) is 0 Å². The zero-order chi connectivity index (χ0) is 19.7. The third-order valence-corrected chi connectivity index (χ3v) is 5.27. The highest BCUT2D eigenvalue weighted by atomic mass is 16.5. The molecule has 0 saturated carbocycles. The maximum atomic E-state index is 5.85. The Morgan fingerprint density at radius 1 is 0.519 bits per heavy atom. The fourth-order valence-corrected chi connectivity index (χ4v) is 3.87. The largest absolute Gasteiger partial charge is 0.496 e. The highest BCUT2D eigenvalue weighted by molar-refractivity contribution is 6.05. The second kappa shape index (κ2) is 7.39. The molecule has 0 unspecified atom stereocenters. The van der Waals surface area contributed by atoms with Crippen molar-refractivity contribution in [3.05, 3.63) is 47.0 Å². The van der Waals surface area contributed by atoms with Crippen molar-refractivity contribution in [2.75, 3.05) is 28.4 Å². The van der Waals surface area contributed by atoms with Crippen LogP contribution in [0.4, 0.5) is 0 Å². The quantitative estimate of drug-likeness (QED) is 0.600. The van der Waals surface area contributed by atoms with Gasteiger partial charge in [-0.25, -0.2) is 0 Å². The van der Waals surface area contributed by atoms with E-state index >= 15 is 0 Å². The molecule has 27 heavy (non-hydrogen) atoms. The van der Waals surface area contributed by atoms with E-state index in [1.165, 1.54) is 0 Å². The maximum absolute atomic E-state index is 5.85. The highest BCUT2D eigenvalue weighted by Crippen LogP contribution is 2.49.